The molecule has 1 unspecified atom stereocenters. The lowest BCUT2D eigenvalue weighted by Crippen LogP contribution is -2.47. The minimum absolute atomic E-state index is 0.0609. The zero-order valence-electron chi connectivity index (χ0n) is 14.5. The molecule has 2 aliphatic rings. The van der Waals surface area contributed by atoms with Gasteiger partial charge in [-0.15, -0.1) is 0 Å². The number of carbonyl (C=O) groups is 1. The number of carbonyl (C=O) groups excluding carboxylic acids is 1. The molecule has 8 heteroatoms. The number of hydrogen-bond acceptors (Lipinski definition) is 4. The Morgan fingerprint density at radius 3 is 2.50 bits per heavy atom. The van der Waals surface area contributed by atoms with Gasteiger partial charge in [-0.2, -0.15) is 5.26 Å². The van der Waals surface area contributed by atoms with Crippen LogP contribution in [0.15, 0.2) is 53.1 Å². The van der Waals surface area contributed by atoms with E-state index in [1.54, 1.807) is 23.1 Å². The van der Waals surface area contributed by atoms with Crippen LogP contribution in [0.3, 0.4) is 0 Å². The third kappa shape index (κ3) is 3.46. The molecule has 0 aromatic heterocycles. The molecule has 4 nitrogen and oxygen atoms in total. The molecule has 4 rings (SSSR count). The molecule has 1 saturated heterocycles. The Kier molecular flexibility index (Phi) is 5.48. The first kappa shape index (κ1) is 19.5. The summed E-state index contributed by atoms with van der Waals surface area (Å²) in [5.74, 6) is 0.109. The van der Waals surface area contributed by atoms with Gasteiger partial charge >= 0.3 is 0 Å². The Balaban J connectivity index is 1.71. The maximum Gasteiger partial charge on any atom is 0.229 e. The van der Waals surface area contributed by atoms with Crippen molar-refractivity contribution in [3.63, 3.8) is 0 Å². The van der Waals surface area contributed by atoms with E-state index in [-0.39, 0.29) is 12.3 Å². The summed E-state index contributed by atoms with van der Waals surface area (Å²) >= 11 is 20.3. The van der Waals surface area contributed by atoms with Crippen molar-refractivity contribution in [3.05, 3.63) is 73.7 Å². The van der Waals surface area contributed by atoms with Crippen LogP contribution in [0.1, 0.15) is 17.9 Å². The number of halogens is 3. The minimum atomic E-state index is -0.435. The third-order valence-electron chi connectivity index (χ3n) is 4.82. The van der Waals surface area contributed by atoms with Crippen molar-refractivity contribution in [3.8, 4) is 6.07 Å². The molecule has 0 aliphatic carbocycles. The van der Waals surface area contributed by atoms with Gasteiger partial charge in [0.05, 0.1) is 29.2 Å². The molecule has 28 heavy (non-hydrogen) atoms. The largest absolute Gasteiger partial charge is 0.344 e. The quantitative estimate of drug-likeness (QED) is 0.574. The van der Waals surface area contributed by atoms with Crippen LogP contribution in [0.4, 0.5) is 5.69 Å². The van der Waals surface area contributed by atoms with Gasteiger partial charge in [0, 0.05) is 33.1 Å². The molecule has 1 fully saturated rings. The van der Waals surface area contributed by atoms with E-state index in [0.29, 0.717) is 43.8 Å². The van der Waals surface area contributed by atoms with E-state index < -0.39 is 5.92 Å². The predicted molar refractivity (Wildman–Crippen MR) is 115 cm³/mol. The molecule has 0 radical (unpaired) electrons. The molecule has 1 amide bonds. The number of rotatable bonds is 2. The van der Waals surface area contributed by atoms with Crippen LogP contribution in [0.2, 0.25) is 15.1 Å². The molecule has 2 aromatic rings. The summed E-state index contributed by atoms with van der Waals surface area (Å²) in [5.41, 5.74) is 2.10. The van der Waals surface area contributed by atoms with Crippen molar-refractivity contribution < 1.29 is 4.79 Å². The van der Waals surface area contributed by atoms with Crippen molar-refractivity contribution in [2.75, 3.05) is 17.4 Å². The average Bonchev–Trinajstić information content (AvgIpc) is 2.68. The standard InChI is InChI=1S/C20H14Cl3N3OS/c21-12-3-1-4-13(7-12)25-10-26-18(27)8-14(15(9-24)20(26)28-11-25)19-16(22)5-2-6-17(19)23/h1-7,14H,8,10-11H2. The first-order valence-electron chi connectivity index (χ1n) is 8.51. The summed E-state index contributed by atoms with van der Waals surface area (Å²) in [5, 5.41) is 12.1. The molecule has 0 bridgehead atoms. The van der Waals surface area contributed by atoms with Crippen LogP contribution >= 0.6 is 46.6 Å². The van der Waals surface area contributed by atoms with Crippen LogP contribution in [-0.2, 0) is 4.79 Å². The predicted octanol–water partition coefficient (Wildman–Crippen LogP) is 5.87. The fourth-order valence-corrected chi connectivity index (χ4v) is 5.50. The van der Waals surface area contributed by atoms with E-state index in [1.807, 2.05) is 24.3 Å². The SMILES string of the molecule is N#CC1=C2SCN(c3cccc(Cl)c3)CN2C(=O)CC1c1c(Cl)cccc1Cl. The highest BCUT2D eigenvalue weighted by Gasteiger charge is 2.39. The average molecular weight is 451 g/mol. The number of allylic oxidation sites excluding steroid dienone is 1. The zero-order valence-corrected chi connectivity index (χ0v) is 17.6. The topological polar surface area (TPSA) is 47.3 Å². The number of anilines is 1. The molecule has 0 N–H and O–H groups in total. The number of hydrogen-bond donors (Lipinski definition) is 0. The third-order valence-corrected chi connectivity index (χ3v) is 6.86. The van der Waals surface area contributed by atoms with Gasteiger partial charge in [-0.1, -0.05) is 58.7 Å². The Labute approximate surface area is 182 Å². The van der Waals surface area contributed by atoms with E-state index in [9.17, 15) is 10.1 Å². The highest BCUT2D eigenvalue weighted by atomic mass is 35.5. The van der Waals surface area contributed by atoms with Crippen LogP contribution in [0, 0.1) is 11.3 Å². The lowest BCUT2D eigenvalue weighted by atomic mass is 9.86. The number of nitriles is 1. The molecule has 0 spiro atoms. The fraction of sp³-hybridized carbons (Fsp3) is 0.200. The Morgan fingerprint density at radius 1 is 1.11 bits per heavy atom. The number of nitrogens with zero attached hydrogens (tertiary/aromatic N) is 3. The highest BCUT2D eigenvalue weighted by molar-refractivity contribution is 8.03. The Morgan fingerprint density at radius 2 is 1.82 bits per heavy atom. The van der Waals surface area contributed by atoms with Gasteiger partial charge in [0.15, 0.2) is 0 Å². The molecular formula is C20H14Cl3N3OS. The number of fused-ring (bicyclic) bond motifs is 1. The summed E-state index contributed by atoms with van der Waals surface area (Å²) in [6.07, 6.45) is 0.153. The van der Waals surface area contributed by atoms with Gasteiger partial charge in [0.25, 0.3) is 0 Å². The van der Waals surface area contributed by atoms with Crippen molar-refractivity contribution in [1.29, 1.82) is 5.26 Å². The van der Waals surface area contributed by atoms with Crippen LogP contribution in [-0.4, -0.2) is 23.4 Å². The second-order valence-corrected chi connectivity index (χ2v) is 8.66. The summed E-state index contributed by atoms with van der Waals surface area (Å²) in [6, 6.07) is 15.0. The molecular weight excluding hydrogens is 437 g/mol. The summed E-state index contributed by atoms with van der Waals surface area (Å²) < 4.78 is 0. The van der Waals surface area contributed by atoms with Gasteiger partial charge in [0.1, 0.15) is 0 Å². The number of thioether (sulfide) groups is 1. The summed E-state index contributed by atoms with van der Waals surface area (Å²) in [4.78, 5) is 16.7. The maximum absolute atomic E-state index is 13.0. The van der Waals surface area contributed by atoms with Crippen molar-refractivity contribution in [2.24, 2.45) is 0 Å². The van der Waals surface area contributed by atoms with E-state index >= 15 is 0 Å². The van der Waals surface area contributed by atoms with Crippen LogP contribution < -0.4 is 4.90 Å². The van der Waals surface area contributed by atoms with E-state index in [1.165, 1.54) is 11.8 Å². The van der Waals surface area contributed by atoms with Crippen LogP contribution in [0.5, 0.6) is 0 Å². The van der Waals surface area contributed by atoms with E-state index in [0.717, 1.165) is 5.69 Å². The molecule has 2 aromatic carbocycles. The van der Waals surface area contributed by atoms with E-state index in [4.69, 9.17) is 34.8 Å². The molecule has 1 atom stereocenters. The second-order valence-electron chi connectivity index (χ2n) is 6.48. The second kappa shape index (κ2) is 7.88. The number of benzene rings is 2. The fourth-order valence-electron chi connectivity index (χ4n) is 3.49. The minimum Gasteiger partial charge on any atom is -0.344 e. The smallest absolute Gasteiger partial charge is 0.229 e. The van der Waals surface area contributed by atoms with Gasteiger partial charge in [-0.25, -0.2) is 0 Å². The summed E-state index contributed by atoms with van der Waals surface area (Å²) in [7, 11) is 0. The summed E-state index contributed by atoms with van der Waals surface area (Å²) in [6.45, 7) is 0.371. The molecule has 2 heterocycles. The number of amides is 1. The Hall–Kier alpha value is -1.84. The van der Waals surface area contributed by atoms with Gasteiger partial charge in [-0.3, -0.25) is 9.69 Å². The molecule has 2 aliphatic heterocycles. The normalized spacial score (nSPS) is 19.5. The lowest BCUT2D eigenvalue weighted by molar-refractivity contribution is -0.129. The first-order chi connectivity index (χ1) is 13.5. The molecule has 0 saturated carbocycles. The van der Waals surface area contributed by atoms with Crippen molar-refractivity contribution in [2.45, 2.75) is 12.3 Å². The molecule has 142 valence electrons. The monoisotopic (exact) mass is 449 g/mol. The lowest BCUT2D eigenvalue weighted by Gasteiger charge is -2.42. The highest BCUT2D eigenvalue weighted by Crippen LogP contribution is 2.46. The van der Waals surface area contributed by atoms with Crippen molar-refractivity contribution >= 4 is 58.2 Å². The van der Waals surface area contributed by atoms with Crippen LogP contribution in [0.25, 0.3) is 0 Å². The van der Waals surface area contributed by atoms with Crippen molar-refractivity contribution in [1.82, 2.24) is 4.90 Å². The van der Waals surface area contributed by atoms with Gasteiger partial charge in [-0.05, 0) is 35.9 Å². The van der Waals surface area contributed by atoms with Gasteiger partial charge < -0.3 is 4.90 Å². The maximum atomic E-state index is 13.0. The van der Waals surface area contributed by atoms with E-state index in [2.05, 4.69) is 11.0 Å². The first-order valence-corrected chi connectivity index (χ1v) is 10.6. The van der Waals surface area contributed by atoms with Gasteiger partial charge in [0.2, 0.25) is 5.91 Å². The Bertz CT molecular complexity index is 1010. The zero-order chi connectivity index (χ0) is 19.8.